The average Bonchev–Trinajstić information content (AvgIpc) is 2.40. The summed E-state index contributed by atoms with van der Waals surface area (Å²) in [5.41, 5.74) is 2.54. The standard InChI is InChI=1S/C18H28N2O3/c1-13-9-10-15(14(2)12-13)19-16(21)8-7-11-20(6)17(22)23-18(3,4)5/h9-10,12H,7-8,11H2,1-6H3,(H,19,21). The molecule has 1 aromatic rings. The maximum atomic E-state index is 12.0. The Morgan fingerprint density at radius 2 is 1.87 bits per heavy atom. The predicted molar refractivity (Wildman–Crippen MR) is 92.6 cm³/mol. The quantitative estimate of drug-likeness (QED) is 0.895. The molecule has 0 saturated heterocycles. The minimum absolute atomic E-state index is 0.0467. The molecule has 5 heteroatoms. The molecule has 0 heterocycles. The van der Waals surface area contributed by atoms with Crippen molar-refractivity contribution in [3.8, 4) is 0 Å². The van der Waals surface area contributed by atoms with E-state index < -0.39 is 5.60 Å². The van der Waals surface area contributed by atoms with E-state index in [4.69, 9.17) is 4.74 Å². The van der Waals surface area contributed by atoms with Crippen molar-refractivity contribution >= 4 is 17.7 Å². The molecule has 1 aromatic carbocycles. The number of amides is 2. The van der Waals surface area contributed by atoms with Gasteiger partial charge in [0, 0.05) is 25.7 Å². The molecule has 1 N–H and O–H groups in total. The summed E-state index contributed by atoms with van der Waals surface area (Å²) in [7, 11) is 1.68. The van der Waals surface area contributed by atoms with Gasteiger partial charge in [0.05, 0.1) is 0 Å². The summed E-state index contributed by atoms with van der Waals surface area (Å²) in [5.74, 6) is -0.0467. The third-order valence-corrected chi connectivity index (χ3v) is 3.26. The zero-order valence-electron chi connectivity index (χ0n) is 15.0. The van der Waals surface area contributed by atoms with Gasteiger partial charge in [0.1, 0.15) is 5.60 Å². The van der Waals surface area contributed by atoms with Gasteiger partial charge in [0.25, 0.3) is 0 Å². The van der Waals surface area contributed by atoms with Crippen LogP contribution in [0.1, 0.15) is 44.7 Å². The highest BCUT2D eigenvalue weighted by molar-refractivity contribution is 5.91. The molecule has 0 radical (unpaired) electrons. The van der Waals surface area contributed by atoms with E-state index in [2.05, 4.69) is 5.32 Å². The highest BCUT2D eigenvalue weighted by atomic mass is 16.6. The number of benzene rings is 1. The number of carbonyl (C=O) groups is 2. The molecule has 2 amide bonds. The fourth-order valence-corrected chi connectivity index (χ4v) is 2.07. The molecule has 0 aliphatic carbocycles. The van der Waals surface area contributed by atoms with Gasteiger partial charge in [-0.3, -0.25) is 4.79 Å². The highest BCUT2D eigenvalue weighted by Crippen LogP contribution is 2.16. The molecule has 0 unspecified atom stereocenters. The molecule has 5 nitrogen and oxygen atoms in total. The Morgan fingerprint density at radius 3 is 2.43 bits per heavy atom. The summed E-state index contributed by atoms with van der Waals surface area (Å²) in [4.78, 5) is 25.3. The van der Waals surface area contributed by atoms with Crippen LogP contribution in [0.3, 0.4) is 0 Å². The lowest BCUT2D eigenvalue weighted by molar-refractivity contribution is -0.116. The van der Waals surface area contributed by atoms with E-state index in [1.54, 1.807) is 7.05 Å². The molecule has 0 aliphatic rings. The topological polar surface area (TPSA) is 58.6 Å². The zero-order valence-corrected chi connectivity index (χ0v) is 15.0. The second-order valence-corrected chi connectivity index (χ2v) is 6.87. The maximum absolute atomic E-state index is 12.0. The Bertz CT molecular complexity index is 562. The van der Waals surface area contributed by atoms with Crippen LogP contribution in [0.15, 0.2) is 18.2 Å². The Balaban J connectivity index is 2.37. The zero-order chi connectivity index (χ0) is 17.6. The van der Waals surface area contributed by atoms with Crippen molar-refractivity contribution in [1.82, 2.24) is 4.90 Å². The lowest BCUT2D eigenvalue weighted by Crippen LogP contribution is -2.35. The average molecular weight is 320 g/mol. The van der Waals surface area contributed by atoms with Gasteiger partial charge in [-0.15, -0.1) is 0 Å². The maximum Gasteiger partial charge on any atom is 0.410 e. The number of hydrogen-bond donors (Lipinski definition) is 1. The number of nitrogens with one attached hydrogen (secondary N) is 1. The van der Waals surface area contributed by atoms with Crippen LogP contribution < -0.4 is 5.32 Å². The summed E-state index contributed by atoms with van der Waals surface area (Å²) in [6.07, 6.45) is 0.583. The van der Waals surface area contributed by atoms with E-state index in [0.717, 1.165) is 11.3 Å². The van der Waals surface area contributed by atoms with Crippen molar-refractivity contribution in [3.63, 3.8) is 0 Å². The molecule has 0 aromatic heterocycles. The molecule has 128 valence electrons. The molecular weight excluding hydrogens is 292 g/mol. The van der Waals surface area contributed by atoms with Crippen molar-refractivity contribution < 1.29 is 14.3 Å². The van der Waals surface area contributed by atoms with Crippen LogP contribution in [0.25, 0.3) is 0 Å². The molecule has 23 heavy (non-hydrogen) atoms. The molecule has 0 fully saturated rings. The normalized spacial score (nSPS) is 11.0. The summed E-state index contributed by atoms with van der Waals surface area (Å²) >= 11 is 0. The fraction of sp³-hybridized carbons (Fsp3) is 0.556. The fourth-order valence-electron chi connectivity index (χ4n) is 2.07. The van der Waals surface area contributed by atoms with Crippen LogP contribution in [0, 0.1) is 13.8 Å². The Kier molecular flexibility index (Phi) is 6.61. The third kappa shape index (κ3) is 7.17. The second-order valence-electron chi connectivity index (χ2n) is 6.87. The molecular formula is C18H28N2O3. The van der Waals surface area contributed by atoms with Crippen LogP contribution in [0.2, 0.25) is 0 Å². The minimum Gasteiger partial charge on any atom is -0.444 e. The first-order valence-corrected chi connectivity index (χ1v) is 7.90. The van der Waals surface area contributed by atoms with Crippen molar-refractivity contribution in [2.45, 2.75) is 53.1 Å². The summed E-state index contributed by atoms with van der Waals surface area (Å²) < 4.78 is 5.27. The van der Waals surface area contributed by atoms with Crippen LogP contribution in [0.4, 0.5) is 10.5 Å². The SMILES string of the molecule is Cc1ccc(NC(=O)CCCN(C)C(=O)OC(C)(C)C)c(C)c1. The first kappa shape index (κ1) is 19.0. The monoisotopic (exact) mass is 320 g/mol. The number of ether oxygens (including phenoxy) is 1. The van der Waals surface area contributed by atoms with Crippen LogP contribution in [-0.4, -0.2) is 36.1 Å². The second kappa shape index (κ2) is 7.99. The molecule has 0 aliphatic heterocycles. The lowest BCUT2D eigenvalue weighted by Gasteiger charge is -2.24. The van der Waals surface area contributed by atoms with Crippen molar-refractivity contribution in [3.05, 3.63) is 29.3 Å². The number of anilines is 1. The minimum atomic E-state index is -0.508. The summed E-state index contributed by atoms with van der Waals surface area (Å²) in [5, 5.41) is 2.90. The molecule has 0 atom stereocenters. The van der Waals surface area contributed by atoms with E-state index in [0.29, 0.717) is 19.4 Å². The van der Waals surface area contributed by atoms with E-state index in [9.17, 15) is 9.59 Å². The van der Waals surface area contributed by atoms with E-state index in [1.807, 2.05) is 52.8 Å². The van der Waals surface area contributed by atoms with Gasteiger partial charge < -0.3 is 15.0 Å². The van der Waals surface area contributed by atoms with Gasteiger partial charge >= 0.3 is 6.09 Å². The van der Waals surface area contributed by atoms with E-state index in [1.165, 1.54) is 10.5 Å². The van der Waals surface area contributed by atoms with Crippen molar-refractivity contribution in [1.29, 1.82) is 0 Å². The number of rotatable bonds is 5. The number of aryl methyl sites for hydroxylation is 2. The van der Waals surface area contributed by atoms with Gasteiger partial charge in [-0.25, -0.2) is 4.79 Å². The number of carbonyl (C=O) groups excluding carboxylic acids is 2. The summed E-state index contributed by atoms with van der Waals surface area (Å²) in [6.45, 7) is 9.96. The van der Waals surface area contributed by atoms with Gasteiger partial charge in [-0.2, -0.15) is 0 Å². The Labute approximate surface area is 139 Å². The largest absolute Gasteiger partial charge is 0.444 e. The smallest absolute Gasteiger partial charge is 0.410 e. The Hall–Kier alpha value is -2.04. The predicted octanol–water partition coefficient (Wildman–Crippen LogP) is 3.89. The van der Waals surface area contributed by atoms with E-state index >= 15 is 0 Å². The van der Waals surface area contributed by atoms with Crippen LogP contribution in [-0.2, 0) is 9.53 Å². The van der Waals surface area contributed by atoms with Crippen LogP contribution >= 0.6 is 0 Å². The van der Waals surface area contributed by atoms with Crippen molar-refractivity contribution in [2.24, 2.45) is 0 Å². The summed E-state index contributed by atoms with van der Waals surface area (Å²) in [6, 6.07) is 5.92. The molecule has 1 rings (SSSR count). The Morgan fingerprint density at radius 1 is 1.22 bits per heavy atom. The van der Waals surface area contributed by atoms with Crippen molar-refractivity contribution in [2.75, 3.05) is 18.9 Å². The van der Waals surface area contributed by atoms with Gasteiger partial charge in [0.2, 0.25) is 5.91 Å². The lowest BCUT2D eigenvalue weighted by atomic mass is 10.1. The highest BCUT2D eigenvalue weighted by Gasteiger charge is 2.19. The molecule has 0 bridgehead atoms. The molecule has 0 spiro atoms. The van der Waals surface area contributed by atoms with Gasteiger partial charge in [0.15, 0.2) is 0 Å². The first-order chi connectivity index (χ1) is 10.6. The number of nitrogens with zero attached hydrogens (tertiary/aromatic N) is 1. The molecule has 0 saturated carbocycles. The number of hydrogen-bond acceptors (Lipinski definition) is 3. The van der Waals surface area contributed by atoms with Gasteiger partial charge in [-0.1, -0.05) is 17.7 Å². The third-order valence-electron chi connectivity index (χ3n) is 3.26. The van der Waals surface area contributed by atoms with E-state index in [-0.39, 0.29) is 12.0 Å². The van der Waals surface area contributed by atoms with Gasteiger partial charge in [-0.05, 0) is 52.7 Å². The van der Waals surface area contributed by atoms with Crippen LogP contribution in [0.5, 0.6) is 0 Å². The first-order valence-electron chi connectivity index (χ1n) is 7.90.